The predicted molar refractivity (Wildman–Crippen MR) is 299 cm³/mol. The molecule has 2 saturated carbocycles. The SMILES string of the molecule is CC[C@H](C)[C@@H]1NC(=O)[C@H](Cc2ccccc2)NC(=O)[C@@H](Cc2ccccc2)NC(=O)CC(C2CCCC2)(C2CCCC2)SSC[C@@H](C(=O)N2CCC[C@@H]2C(=O)N[C@@H](CCCN=C(N)N)C(=O)O)NC(=O)[C@H](CC(N)=O)NC1=O. The third kappa shape index (κ3) is 17.1. The van der Waals surface area contributed by atoms with Crippen molar-refractivity contribution >= 4 is 80.8 Å². The van der Waals surface area contributed by atoms with Gasteiger partial charge in [0.1, 0.15) is 42.3 Å². The first kappa shape index (κ1) is 60.9. The van der Waals surface area contributed by atoms with Crippen LogP contribution in [0.3, 0.4) is 0 Å². The predicted octanol–water partition coefficient (Wildman–Crippen LogP) is 2.34. The number of rotatable bonds is 18. The lowest BCUT2D eigenvalue weighted by Gasteiger charge is -2.43. The maximum absolute atomic E-state index is 15.1. The number of benzene rings is 2. The van der Waals surface area contributed by atoms with Crippen LogP contribution in [0.2, 0.25) is 0 Å². The number of aliphatic imine (C=N–C) groups is 1. The van der Waals surface area contributed by atoms with Gasteiger partial charge in [0.2, 0.25) is 47.3 Å². The summed E-state index contributed by atoms with van der Waals surface area (Å²) < 4.78 is -0.694. The molecule has 0 bridgehead atoms. The van der Waals surface area contributed by atoms with Crippen molar-refractivity contribution in [3.05, 3.63) is 71.8 Å². The Morgan fingerprint density at radius 1 is 0.744 bits per heavy atom. The van der Waals surface area contributed by atoms with Crippen molar-refractivity contribution in [1.82, 2.24) is 36.8 Å². The van der Waals surface area contributed by atoms with Crippen LogP contribution in [0.25, 0.3) is 0 Å². The molecule has 2 aliphatic carbocycles. The van der Waals surface area contributed by atoms with E-state index in [1.165, 1.54) is 26.5 Å². The monoisotopic (exact) mass is 1120 g/mol. The van der Waals surface area contributed by atoms with Crippen LogP contribution in [0.15, 0.2) is 65.7 Å². The lowest BCUT2D eigenvalue weighted by Crippen LogP contribution is -2.62. The van der Waals surface area contributed by atoms with E-state index in [1.807, 2.05) is 36.4 Å². The zero-order valence-electron chi connectivity index (χ0n) is 44.8. The zero-order chi connectivity index (χ0) is 56.4. The molecule has 2 aromatic rings. The molecule has 4 fully saturated rings. The number of nitrogens with zero attached hydrogens (tertiary/aromatic N) is 2. The van der Waals surface area contributed by atoms with Crippen molar-refractivity contribution in [3.63, 3.8) is 0 Å². The minimum Gasteiger partial charge on any atom is -0.480 e. The molecule has 426 valence electrons. The molecule has 2 aliphatic heterocycles. The first-order chi connectivity index (χ1) is 37.4. The van der Waals surface area contributed by atoms with Crippen molar-refractivity contribution in [2.75, 3.05) is 18.8 Å². The quantitative estimate of drug-likeness (QED) is 0.0444. The summed E-state index contributed by atoms with van der Waals surface area (Å²) in [7, 11) is 2.81. The highest BCUT2D eigenvalue weighted by atomic mass is 33.1. The number of likely N-dealkylation sites (tertiary alicyclic amines) is 1. The summed E-state index contributed by atoms with van der Waals surface area (Å²) in [6.45, 7) is 3.75. The van der Waals surface area contributed by atoms with E-state index in [9.17, 15) is 38.7 Å². The first-order valence-corrected chi connectivity index (χ1v) is 29.8. The summed E-state index contributed by atoms with van der Waals surface area (Å²) >= 11 is 0. The van der Waals surface area contributed by atoms with Gasteiger partial charge in [0.25, 0.3) is 0 Å². The Balaban J connectivity index is 1.41. The second-order valence-corrected chi connectivity index (χ2v) is 23.9. The van der Waals surface area contributed by atoms with Crippen LogP contribution in [0.4, 0.5) is 0 Å². The minimum atomic E-state index is -1.64. The molecule has 0 spiro atoms. The summed E-state index contributed by atoms with van der Waals surface area (Å²) in [5.74, 6) is -7.69. The van der Waals surface area contributed by atoms with E-state index in [-0.39, 0.29) is 81.1 Å². The van der Waals surface area contributed by atoms with Gasteiger partial charge in [-0.25, -0.2) is 4.79 Å². The lowest BCUT2D eigenvalue weighted by atomic mass is 9.76. The van der Waals surface area contributed by atoms with E-state index < -0.39 is 107 Å². The number of hydrogen-bond acceptors (Lipinski definition) is 12. The Kier molecular flexibility index (Phi) is 23.1. The van der Waals surface area contributed by atoms with E-state index in [0.717, 1.165) is 56.9 Å². The number of carbonyl (C=O) groups excluding carboxylic acids is 8. The van der Waals surface area contributed by atoms with E-state index in [4.69, 9.17) is 17.2 Å². The zero-order valence-corrected chi connectivity index (χ0v) is 46.4. The topological polar surface area (TPSA) is 340 Å². The number of primary amides is 1. The van der Waals surface area contributed by atoms with Crippen LogP contribution < -0.4 is 49.1 Å². The van der Waals surface area contributed by atoms with Crippen LogP contribution in [-0.2, 0) is 56.0 Å². The Labute approximate surface area is 464 Å². The van der Waals surface area contributed by atoms with Crippen molar-refractivity contribution in [2.45, 2.75) is 170 Å². The molecule has 0 aromatic heterocycles. The largest absolute Gasteiger partial charge is 0.480 e. The molecule has 8 atom stereocenters. The molecule has 4 aliphatic rings. The second-order valence-electron chi connectivity index (χ2n) is 21.2. The third-order valence-corrected chi connectivity index (χ3v) is 19.1. The molecule has 6 rings (SSSR count). The molecular weight excluding hydrogens is 1040 g/mol. The maximum atomic E-state index is 15.1. The fourth-order valence-electron chi connectivity index (χ4n) is 11.3. The molecule has 0 unspecified atom stereocenters. The Hall–Kier alpha value is -6.36. The first-order valence-electron chi connectivity index (χ1n) is 27.5. The number of nitrogens with one attached hydrogen (secondary N) is 6. The lowest BCUT2D eigenvalue weighted by molar-refractivity contribution is -0.145. The second kappa shape index (κ2) is 29.6. The van der Waals surface area contributed by atoms with Gasteiger partial charge in [-0.3, -0.25) is 43.3 Å². The van der Waals surface area contributed by atoms with Gasteiger partial charge in [0.15, 0.2) is 5.96 Å². The van der Waals surface area contributed by atoms with Gasteiger partial charge in [-0.05, 0) is 80.2 Å². The molecule has 23 heteroatoms. The average molecular weight is 1120 g/mol. The highest BCUT2D eigenvalue weighted by Crippen LogP contribution is 2.57. The summed E-state index contributed by atoms with van der Waals surface area (Å²) in [6.07, 6.45) is 7.87. The number of carboxylic acids is 1. The highest BCUT2D eigenvalue weighted by Gasteiger charge is 2.50. The molecule has 2 aromatic carbocycles. The van der Waals surface area contributed by atoms with E-state index in [1.54, 1.807) is 38.1 Å². The number of amides is 8. The summed E-state index contributed by atoms with van der Waals surface area (Å²) in [5, 5.41) is 26.9. The molecule has 13 N–H and O–H groups in total. The molecular formula is C55H79N11O10S2. The van der Waals surface area contributed by atoms with Gasteiger partial charge >= 0.3 is 5.97 Å². The fraction of sp³-hybridized carbons (Fsp3) is 0.600. The Bertz CT molecular complexity index is 2420. The van der Waals surface area contributed by atoms with E-state index in [2.05, 4.69) is 36.9 Å². The Morgan fingerprint density at radius 2 is 1.29 bits per heavy atom. The maximum Gasteiger partial charge on any atom is 0.326 e. The van der Waals surface area contributed by atoms with Crippen molar-refractivity contribution in [2.24, 2.45) is 39.9 Å². The van der Waals surface area contributed by atoms with Gasteiger partial charge < -0.3 is 59.1 Å². The summed E-state index contributed by atoms with van der Waals surface area (Å²) in [6, 6.07) is 9.16. The fourth-order valence-corrected chi connectivity index (χ4v) is 15.2. The van der Waals surface area contributed by atoms with Gasteiger partial charge in [-0.2, -0.15) is 0 Å². The molecule has 8 amide bonds. The number of carbonyl (C=O) groups is 9. The number of guanidine groups is 1. The van der Waals surface area contributed by atoms with Crippen LogP contribution in [0, 0.1) is 17.8 Å². The van der Waals surface area contributed by atoms with Gasteiger partial charge in [-0.15, -0.1) is 0 Å². The summed E-state index contributed by atoms with van der Waals surface area (Å²) in [5.41, 5.74) is 18.0. The van der Waals surface area contributed by atoms with Crippen LogP contribution in [-0.4, -0.2) is 135 Å². The number of nitrogens with two attached hydrogens (primary N) is 3. The van der Waals surface area contributed by atoms with Crippen molar-refractivity contribution in [3.8, 4) is 0 Å². The molecule has 0 radical (unpaired) electrons. The summed E-state index contributed by atoms with van der Waals surface area (Å²) in [4.78, 5) is 133. The normalized spacial score (nSPS) is 25.1. The van der Waals surface area contributed by atoms with Crippen molar-refractivity contribution in [1.29, 1.82) is 0 Å². The molecule has 2 heterocycles. The molecule has 2 saturated heterocycles. The van der Waals surface area contributed by atoms with Crippen LogP contribution in [0.5, 0.6) is 0 Å². The van der Waals surface area contributed by atoms with Crippen molar-refractivity contribution < 1.29 is 48.3 Å². The molecule has 21 nitrogen and oxygen atoms in total. The standard InChI is InChI=1S/C55H79N11O10S2/c1-3-33(2)46-51(73)63-41(30-44(56)67)48(70)64-42(52(74)66-27-15-25-43(66)50(72)61-38(53(75)76)24-14-26-59-54(57)58)32-77-78-55(36-20-10-11-21-36,37-22-12-13-23-37)31-45(68)60-39(28-34-16-6-4-7-17-34)47(69)62-40(49(71)65-46)29-35-18-8-5-9-19-35/h4-9,16-19,33,36-43,46H,3,10-15,20-32H2,1-2H3,(H2,56,67)(H,60,68)(H,61,72)(H,62,69)(H,63,73)(H,64,70)(H,65,71)(H,75,76)(H4,57,58,59)/t33-,38-,39+,40-,41-,42-,43+,46-/m0/s1. The average Bonchev–Trinajstić information content (AvgIpc) is 4.37. The number of hydrogen-bond donors (Lipinski definition) is 10. The number of carboxylic acid groups (broad SMARTS) is 1. The highest BCUT2D eigenvalue weighted by molar-refractivity contribution is 8.77. The van der Waals surface area contributed by atoms with Gasteiger partial charge in [0.05, 0.1) is 6.42 Å². The van der Waals surface area contributed by atoms with Crippen LogP contribution >= 0.6 is 21.6 Å². The number of aliphatic carboxylic acids is 1. The minimum absolute atomic E-state index is 0.00345. The Morgan fingerprint density at radius 3 is 1.85 bits per heavy atom. The van der Waals surface area contributed by atoms with E-state index >= 15 is 9.59 Å². The smallest absolute Gasteiger partial charge is 0.326 e. The van der Waals surface area contributed by atoms with Gasteiger partial charge in [0, 0.05) is 42.9 Å². The third-order valence-electron chi connectivity index (χ3n) is 15.7. The van der Waals surface area contributed by atoms with Crippen LogP contribution in [0.1, 0.15) is 121 Å². The van der Waals surface area contributed by atoms with Gasteiger partial charge in [-0.1, -0.05) is 128 Å². The van der Waals surface area contributed by atoms with E-state index in [0.29, 0.717) is 18.4 Å². The molecule has 78 heavy (non-hydrogen) atoms.